The van der Waals surface area contributed by atoms with E-state index >= 15 is 0 Å². The lowest BCUT2D eigenvalue weighted by Crippen LogP contribution is -2.13. The van der Waals surface area contributed by atoms with Gasteiger partial charge in [0.2, 0.25) is 0 Å². The van der Waals surface area contributed by atoms with Crippen LogP contribution in [0.15, 0.2) is 30.0 Å². The second-order valence-corrected chi connectivity index (χ2v) is 4.14. The lowest BCUT2D eigenvalue weighted by Gasteiger charge is -2.14. The monoisotopic (exact) mass is 223 g/mol. The maximum Gasteiger partial charge on any atom is 0.113 e. The number of halogens is 1. The smallest absolute Gasteiger partial charge is 0.113 e. The number of hydrogen-bond acceptors (Lipinski definition) is 2. The largest absolute Gasteiger partial charge is 0.496 e. The van der Waals surface area contributed by atoms with Crippen molar-refractivity contribution in [1.29, 1.82) is 0 Å². The van der Waals surface area contributed by atoms with Crippen molar-refractivity contribution in [1.82, 2.24) is 0 Å². The quantitative estimate of drug-likeness (QED) is 0.837. The van der Waals surface area contributed by atoms with Crippen LogP contribution < -0.4 is 5.73 Å². The lowest BCUT2D eigenvalue weighted by atomic mass is 10.0. The Morgan fingerprint density at radius 1 is 1.47 bits per heavy atom. The van der Waals surface area contributed by atoms with Crippen LogP contribution in [-0.4, -0.2) is 6.61 Å². The Labute approximate surface area is 94.7 Å². The second kappa shape index (κ2) is 4.25. The third-order valence-electron chi connectivity index (χ3n) is 2.59. The van der Waals surface area contributed by atoms with Crippen LogP contribution in [0.2, 0.25) is 5.02 Å². The van der Waals surface area contributed by atoms with Gasteiger partial charge in [0.25, 0.3) is 0 Å². The van der Waals surface area contributed by atoms with Gasteiger partial charge < -0.3 is 10.5 Å². The Hall–Kier alpha value is -0.990. The molecule has 1 aromatic rings. The van der Waals surface area contributed by atoms with Gasteiger partial charge in [0, 0.05) is 11.4 Å². The fourth-order valence-corrected chi connectivity index (χ4v) is 1.81. The number of nitrogens with two attached hydrogens (primary N) is 1. The molecule has 3 heteroatoms. The minimum atomic E-state index is -0.189. The predicted molar refractivity (Wildman–Crippen MR) is 61.8 cm³/mol. The summed E-state index contributed by atoms with van der Waals surface area (Å²) >= 11 is 6.05. The molecule has 0 amide bonds. The summed E-state index contributed by atoms with van der Waals surface area (Å²) in [6, 6.07) is 5.69. The first-order valence-electron chi connectivity index (χ1n) is 5.03. The van der Waals surface area contributed by atoms with Crippen LogP contribution in [0.3, 0.4) is 0 Å². The van der Waals surface area contributed by atoms with Gasteiger partial charge in [-0.1, -0.05) is 23.7 Å². The molecule has 0 bridgehead atoms. The first-order valence-corrected chi connectivity index (χ1v) is 5.41. The molecule has 1 aliphatic heterocycles. The van der Waals surface area contributed by atoms with Gasteiger partial charge in [-0.3, -0.25) is 0 Å². The van der Waals surface area contributed by atoms with Crippen molar-refractivity contribution in [2.75, 3.05) is 6.61 Å². The zero-order chi connectivity index (χ0) is 10.8. The van der Waals surface area contributed by atoms with Gasteiger partial charge in [0.05, 0.1) is 12.6 Å². The number of benzene rings is 1. The Morgan fingerprint density at radius 3 is 2.87 bits per heavy atom. The maximum absolute atomic E-state index is 6.07. The fraction of sp³-hybridized carbons (Fsp3) is 0.333. The summed E-state index contributed by atoms with van der Waals surface area (Å²) in [5.41, 5.74) is 8.13. The third kappa shape index (κ3) is 2.16. The topological polar surface area (TPSA) is 35.2 Å². The number of hydrogen-bond donors (Lipinski definition) is 1. The standard InChI is InChI=1S/C12H14ClNO/c1-8-4-5-9(7-10(8)13)12(14)11-3-2-6-15-11/h3-5,7,12H,2,6,14H2,1H3. The first-order chi connectivity index (χ1) is 7.18. The summed E-state index contributed by atoms with van der Waals surface area (Å²) in [6.07, 6.45) is 2.99. The van der Waals surface area contributed by atoms with Crippen molar-refractivity contribution in [2.45, 2.75) is 19.4 Å². The molecule has 2 nitrogen and oxygen atoms in total. The van der Waals surface area contributed by atoms with Crippen LogP contribution in [0.5, 0.6) is 0 Å². The molecule has 1 heterocycles. The molecule has 1 aromatic carbocycles. The molecule has 0 spiro atoms. The van der Waals surface area contributed by atoms with Gasteiger partial charge in [-0.15, -0.1) is 0 Å². The predicted octanol–water partition coefficient (Wildman–Crippen LogP) is 2.95. The van der Waals surface area contributed by atoms with Crippen molar-refractivity contribution < 1.29 is 4.74 Å². The molecule has 0 aliphatic carbocycles. The van der Waals surface area contributed by atoms with Gasteiger partial charge in [-0.2, -0.15) is 0 Å². The molecule has 80 valence electrons. The van der Waals surface area contributed by atoms with E-state index in [4.69, 9.17) is 22.1 Å². The number of ether oxygens (including phenoxy) is 1. The van der Waals surface area contributed by atoms with E-state index in [9.17, 15) is 0 Å². The van der Waals surface area contributed by atoms with E-state index in [-0.39, 0.29) is 6.04 Å². The highest BCUT2D eigenvalue weighted by atomic mass is 35.5. The second-order valence-electron chi connectivity index (χ2n) is 3.73. The zero-order valence-electron chi connectivity index (χ0n) is 8.66. The molecule has 0 saturated heterocycles. The van der Waals surface area contributed by atoms with Crippen LogP contribution in [0, 0.1) is 6.92 Å². The highest BCUT2D eigenvalue weighted by Crippen LogP contribution is 2.27. The minimum Gasteiger partial charge on any atom is -0.496 e. The number of rotatable bonds is 2. The molecule has 1 unspecified atom stereocenters. The van der Waals surface area contributed by atoms with Crippen molar-refractivity contribution in [3.63, 3.8) is 0 Å². The summed E-state index contributed by atoms with van der Waals surface area (Å²) in [4.78, 5) is 0. The maximum atomic E-state index is 6.07. The molecule has 2 N–H and O–H groups in total. The molecule has 15 heavy (non-hydrogen) atoms. The zero-order valence-corrected chi connectivity index (χ0v) is 9.42. The van der Waals surface area contributed by atoms with Crippen LogP contribution in [0.25, 0.3) is 0 Å². The van der Waals surface area contributed by atoms with Crippen LogP contribution in [-0.2, 0) is 4.74 Å². The summed E-state index contributed by atoms with van der Waals surface area (Å²) < 4.78 is 5.43. The van der Waals surface area contributed by atoms with Crippen molar-refractivity contribution >= 4 is 11.6 Å². The molecule has 1 aliphatic rings. The highest BCUT2D eigenvalue weighted by molar-refractivity contribution is 6.31. The molecule has 0 aromatic heterocycles. The van der Waals surface area contributed by atoms with E-state index in [1.807, 2.05) is 31.2 Å². The Kier molecular flexibility index (Phi) is 2.98. The molecule has 1 atom stereocenters. The van der Waals surface area contributed by atoms with Gasteiger partial charge in [-0.05, 0) is 30.2 Å². The third-order valence-corrected chi connectivity index (χ3v) is 3.00. The fourth-order valence-electron chi connectivity index (χ4n) is 1.62. The molecule has 0 radical (unpaired) electrons. The van der Waals surface area contributed by atoms with E-state index < -0.39 is 0 Å². The molecular formula is C12H14ClNO. The van der Waals surface area contributed by atoms with Crippen molar-refractivity contribution in [2.24, 2.45) is 5.73 Å². The SMILES string of the molecule is Cc1ccc(C(N)C2=CCCO2)cc1Cl. The van der Waals surface area contributed by atoms with Crippen molar-refractivity contribution in [3.8, 4) is 0 Å². The first kappa shape index (κ1) is 10.5. The summed E-state index contributed by atoms with van der Waals surface area (Å²) in [5.74, 6) is 0.856. The Morgan fingerprint density at radius 2 is 2.27 bits per heavy atom. The average Bonchev–Trinajstić information content (AvgIpc) is 2.74. The number of aryl methyl sites for hydroxylation is 1. The van der Waals surface area contributed by atoms with E-state index in [1.54, 1.807) is 0 Å². The summed E-state index contributed by atoms with van der Waals surface area (Å²) in [6.45, 7) is 2.71. The van der Waals surface area contributed by atoms with Gasteiger partial charge in [0.15, 0.2) is 0 Å². The van der Waals surface area contributed by atoms with Crippen LogP contribution in [0.1, 0.15) is 23.6 Å². The van der Waals surface area contributed by atoms with Crippen molar-refractivity contribution in [3.05, 3.63) is 46.2 Å². The molecule has 0 fully saturated rings. The van der Waals surface area contributed by atoms with Crippen LogP contribution in [0.4, 0.5) is 0 Å². The Bertz CT molecular complexity index is 401. The Balaban J connectivity index is 2.25. The van der Waals surface area contributed by atoms with E-state index in [1.165, 1.54) is 0 Å². The minimum absolute atomic E-state index is 0.189. The van der Waals surface area contributed by atoms with Crippen LogP contribution >= 0.6 is 11.6 Å². The molecular weight excluding hydrogens is 210 g/mol. The van der Waals surface area contributed by atoms with E-state index in [2.05, 4.69) is 0 Å². The normalized spacial score (nSPS) is 17.1. The summed E-state index contributed by atoms with van der Waals surface area (Å²) in [7, 11) is 0. The van der Waals surface area contributed by atoms with Gasteiger partial charge in [-0.25, -0.2) is 0 Å². The van der Waals surface area contributed by atoms with E-state index in [0.29, 0.717) is 0 Å². The average molecular weight is 224 g/mol. The highest BCUT2D eigenvalue weighted by Gasteiger charge is 2.16. The molecule has 2 rings (SSSR count). The molecule has 0 saturated carbocycles. The van der Waals surface area contributed by atoms with Gasteiger partial charge >= 0.3 is 0 Å². The van der Waals surface area contributed by atoms with Gasteiger partial charge in [0.1, 0.15) is 5.76 Å². The van der Waals surface area contributed by atoms with E-state index in [0.717, 1.165) is 34.9 Å². The summed E-state index contributed by atoms with van der Waals surface area (Å²) in [5, 5.41) is 0.751. The lowest BCUT2D eigenvalue weighted by molar-refractivity contribution is 0.225.